The summed E-state index contributed by atoms with van der Waals surface area (Å²) in [6.45, 7) is 9.92. The predicted molar refractivity (Wildman–Crippen MR) is 67.7 cm³/mol. The molecule has 16 heavy (non-hydrogen) atoms. The second-order valence-corrected chi connectivity index (χ2v) is 6.52. The molecule has 0 aliphatic carbocycles. The van der Waals surface area contributed by atoms with E-state index in [9.17, 15) is 4.79 Å². The quantitative estimate of drug-likeness (QED) is 0.881. The van der Waals surface area contributed by atoms with E-state index in [0.29, 0.717) is 6.42 Å². The van der Waals surface area contributed by atoms with E-state index in [0.717, 1.165) is 10.7 Å². The average molecular weight is 240 g/mol. The van der Waals surface area contributed by atoms with Crippen LogP contribution in [0.25, 0.3) is 0 Å². The molecular weight excluding hydrogens is 220 g/mol. The number of nitrogens with zero attached hydrogens (tertiary/aromatic N) is 1. The molecule has 1 heterocycles. The molecule has 0 fully saturated rings. The van der Waals surface area contributed by atoms with E-state index >= 15 is 0 Å². The Hall–Kier alpha value is -0.740. The molecule has 0 saturated heterocycles. The molecule has 90 valence electrons. The van der Waals surface area contributed by atoms with E-state index < -0.39 is 6.04 Å². The molecule has 1 rings (SSSR count). The van der Waals surface area contributed by atoms with Gasteiger partial charge >= 0.3 is 0 Å². The van der Waals surface area contributed by atoms with Crippen molar-refractivity contribution in [3.63, 3.8) is 0 Å². The molecule has 4 heteroatoms. The second-order valence-electron chi connectivity index (χ2n) is 5.24. The summed E-state index contributed by atoms with van der Waals surface area (Å²) in [5.74, 6) is 0.0706. The highest BCUT2D eigenvalue weighted by Gasteiger charge is 2.27. The molecule has 2 N–H and O–H groups in total. The first-order valence-electron chi connectivity index (χ1n) is 5.43. The lowest BCUT2D eigenvalue weighted by atomic mass is 9.84. The molecule has 0 radical (unpaired) electrons. The molecule has 1 atom stereocenters. The maximum atomic E-state index is 11.9. The minimum atomic E-state index is -0.419. The number of aromatic nitrogens is 1. The first-order valence-corrected chi connectivity index (χ1v) is 6.24. The highest BCUT2D eigenvalue weighted by molar-refractivity contribution is 7.11. The molecule has 0 spiro atoms. The minimum Gasteiger partial charge on any atom is -0.321 e. The highest BCUT2D eigenvalue weighted by Crippen LogP contribution is 2.21. The monoisotopic (exact) mass is 240 g/mol. The second kappa shape index (κ2) is 4.63. The van der Waals surface area contributed by atoms with Gasteiger partial charge in [0, 0.05) is 4.88 Å². The van der Waals surface area contributed by atoms with Crippen molar-refractivity contribution in [2.45, 2.75) is 47.1 Å². The largest absolute Gasteiger partial charge is 0.321 e. The normalized spacial score (nSPS) is 13.9. The minimum absolute atomic E-state index is 0.0706. The van der Waals surface area contributed by atoms with Crippen molar-refractivity contribution in [2.75, 3.05) is 0 Å². The summed E-state index contributed by atoms with van der Waals surface area (Å²) in [6.07, 6.45) is 0.359. The number of carbonyl (C=O) groups is 1. The van der Waals surface area contributed by atoms with Crippen molar-refractivity contribution in [3.8, 4) is 0 Å². The molecule has 0 aliphatic heterocycles. The van der Waals surface area contributed by atoms with Crippen molar-refractivity contribution >= 4 is 17.1 Å². The number of hydrogen-bond donors (Lipinski definition) is 1. The number of nitrogens with two attached hydrogens (primary N) is 1. The van der Waals surface area contributed by atoms with Gasteiger partial charge in [0.1, 0.15) is 5.01 Å². The molecule has 0 amide bonds. The molecule has 0 saturated carbocycles. The Morgan fingerprint density at radius 3 is 2.38 bits per heavy atom. The zero-order valence-corrected chi connectivity index (χ0v) is 11.4. The predicted octanol–water partition coefficient (Wildman–Crippen LogP) is 2.24. The lowest BCUT2D eigenvalue weighted by Gasteiger charge is -2.25. The lowest BCUT2D eigenvalue weighted by Crippen LogP contribution is -2.43. The number of hydrogen-bond acceptors (Lipinski definition) is 4. The summed E-state index contributed by atoms with van der Waals surface area (Å²) in [5, 5.41) is 0.875. The van der Waals surface area contributed by atoms with Crippen molar-refractivity contribution in [2.24, 2.45) is 11.1 Å². The Labute approximate surface area is 101 Å². The van der Waals surface area contributed by atoms with Crippen LogP contribution in [-0.2, 0) is 11.2 Å². The molecule has 1 aromatic rings. The number of rotatable bonds is 3. The summed E-state index contributed by atoms with van der Waals surface area (Å²) >= 11 is 1.58. The van der Waals surface area contributed by atoms with Crippen LogP contribution in [0.15, 0.2) is 0 Å². The van der Waals surface area contributed by atoms with E-state index in [4.69, 9.17) is 5.73 Å². The van der Waals surface area contributed by atoms with Crippen LogP contribution in [0.2, 0.25) is 0 Å². The van der Waals surface area contributed by atoms with Crippen LogP contribution in [0.1, 0.15) is 36.3 Å². The maximum Gasteiger partial charge on any atom is 0.156 e. The number of Topliss-reactive ketones (excluding diaryl/α,β-unsaturated/α-hetero) is 1. The van der Waals surface area contributed by atoms with E-state index in [1.54, 1.807) is 11.3 Å². The SMILES string of the molecule is Cc1nc(CC(=O)C(N)C(C)(C)C)sc1C. The van der Waals surface area contributed by atoms with Gasteiger partial charge in [0.15, 0.2) is 5.78 Å². The number of aryl methyl sites for hydroxylation is 2. The molecule has 3 nitrogen and oxygen atoms in total. The summed E-state index contributed by atoms with van der Waals surface area (Å²) in [4.78, 5) is 17.5. The van der Waals surface area contributed by atoms with Crippen LogP contribution in [0.5, 0.6) is 0 Å². The van der Waals surface area contributed by atoms with Gasteiger partial charge in [-0.25, -0.2) is 4.98 Å². The first-order chi connectivity index (χ1) is 7.21. The smallest absolute Gasteiger partial charge is 0.156 e. The average Bonchev–Trinajstić information content (AvgIpc) is 2.43. The molecule has 0 aliphatic rings. The third kappa shape index (κ3) is 3.12. The molecule has 1 unspecified atom stereocenters. The molecular formula is C12H20N2OS. The number of thiazole rings is 1. The van der Waals surface area contributed by atoms with Crippen LogP contribution >= 0.6 is 11.3 Å². The van der Waals surface area contributed by atoms with Gasteiger partial charge in [0.2, 0.25) is 0 Å². The van der Waals surface area contributed by atoms with E-state index in [1.807, 2.05) is 34.6 Å². The van der Waals surface area contributed by atoms with E-state index in [-0.39, 0.29) is 11.2 Å². The third-order valence-electron chi connectivity index (χ3n) is 2.68. The topological polar surface area (TPSA) is 56.0 Å². The van der Waals surface area contributed by atoms with Gasteiger partial charge in [0.05, 0.1) is 18.2 Å². The van der Waals surface area contributed by atoms with Gasteiger partial charge in [-0.3, -0.25) is 4.79 Å². The van der Waals surface area contributed by atoms with Crippen LogP contribution in [-0.4, -0.2) is 16.8 Å². The Kier molecular flexibility index (Phi) is 3.86. The maximum absolute atomic E-state index is 11.9. The Bertz CT molecular complexity index is 371. The highest BCUT2D eigenvalue weighted by atomic mass is 32.1. The van der Waals surface area contributed by atoms with Gasteiger partial charge < -0.3 is 5.73 Å². The van der Waals surface area contributed by atoms with Crippen LogP contribution in [0.3, 0.4) is 0 Å². The standard InChI is InChI=1S/C12H20N2OS/c1-7-8(2)16-10(14-7)6-9(15)11(13)12(3,4)5/h11H,6,13H2,1-5H3. The molecule has 1 aromatic heterocycles. The summed E-state index contributed by atoms with van der Waals surface area (Å²) in [7, 11) is 0. The van der Waals surface area contributed by atoms with Crippen molar-refractivity contribution in [1.82, 2.24) is 4.98 Å². The summed E-state index contributed by atoms with van der Waals surface area (Å²) in [6, 6.07) is -0.419. The van der Waals surface area contributed by atoms with Gasteiger partial charge in [-0.15, -0.1) is 11.3 Å². The fourth-order valence-electron chi connectivity index (χ4n) is 1.36. The first kappa shape index (κ1) is 13.3. The lowest BCUT2D eigenvalue weighted by molar-refractivity contribution is -0.121. The van der Waals surface area contributed by atoms with Gasteiger partial charge in [-0.1, -0.05) is 20.8 Å². The third-order valence-corrected chi connectivity index (χ3v) is 3.75. The fraction of sp³-hybridized carbons (Fsp3) is 0.667. The fourth-order valence-corrected chi connectivity index (χ4v) is 2.30. The molecule has 0 aromatic carbocycles. The van der Waals surface area contributed by atoms with E-state index in [1.165, 1.54) is 4.88 Å². The van der Waals surface area contributed by atoms with E-state index in [2.05, 4.69) is 4.98 Å². The van der Waals surface area contributed by atoms with Gasteiger partial charge in [-0.05, 0) is 19.3 Å². The Balaban J connectivity index is 2.72. The van der Waals surface area contributed by atoms with Gasteiger partial charge in [0.25, 0.3) is 0 Å². The van der Waals surface area contributed by atoms with Crippen LogP contribution < -0.4 is 5.73 Å². The van der Waals surface area contributed by atoms with Crippen molar-refractivity contribution < 1.29 is 4.79 Å². The zero-order chi connectivity index (χ0) is 12.5. The Morgan fingerprint density at radius 2 is 2.00 bits per heavy atom. The van der Waals surface area contributed by atoms with Crippen molar-refractivity contribution in [3.05, 3.63) is 15.6 Å². The van der Waals surface area contributed by atoms with Gasteiger partial charge in [-0.2, -0.15) is 0 Å². The zero-order valence-electron chi connectivity index (χ0n) is 10.6. The summed E-state index contributed by atoms with van der Waals surface area (Å²) < 4.78 is 0. The van der Waals surface area contributed by atoms with Crippen molar-refractivity contribution in [1.29, 1.82) is 0 Å². The number of carbonyl (C=O) groups excluding carboxylic acids is 1. The molecule has 0 bridgehead atoms. The number of ketones is 1. The van der Waals surface area contributed by atoms with Crippen LogP contribution in [0, 0.1) is 19.3 Å². The Morgan fingerprint density at radius 1 is 1.44 bits per heavy atom. The summed E-state index contributed by atoms with van der Waals surface area (Å²) in [5.41, 5.74) is 6.74. The van der Waals surface area contributed by atoms with Crippen LogP contribution in [0.4, 0.5) is 0 Å².